The zero-order chi connectivity index (χ0) is 14.9. The molecule has 0 aromatic rings. The van der Waals surface area contributed by atoms with Crippen LogP contribution in [0.1, 0.15) is 104 Å². The molecule has 0 rings (SSSR count). The summed E-state index contributed by atoms with van der Waals surface area (Å²) >= 11 is 0. The highest BCUT2D eigenvalue weighted by Gasteiger charge is 2.01. The van der Waals surface area contributed by atoms with Crippen LogP contribution in [-0.4, -0.2) is 5.78 Å². The molecule has 0 saturated carbocycles. The van der Waals surface area contributed by atoms with Crippen molar-refractivity contribution in [3.05, 3.63) is 12.2 Å². The molecule has 0 atom stereocenters. The van der Waals surface area contributed by atoms with Crippen LogP contribution < -0.4 is 0 Å². The highest BCUT2D eigenvalue weighted by atomic mass is 16.1. The van der Waals surface area contributed by atoms with Gasteiger partial charge >= 0.3 is 0 Å². The van der Waals surface area contributed by atoms with Crippen LogP contribution in [0.25, 0.3) is 0 Å². The van der Waals surface area contributed by atoms with Gasteiger partial charge in [0.25, 0.3) is 0 Å². The van der Waals surface area contributed by atoms with Crippen LogP contribution in [0.4, 0.5) is 0 Å². The van der Waals surface area contributed by atoms with E-state index in [0.717, 1.165) is 32.1 Å². The third-order valence-corrected chi connectivity index (χ3v) is 3.79. The molecule has 118 valence electrons. The summed E-state index contributed by atoms with van der Waals surface area (Å²) in [6, 6.07) is 0. The van der Waals surface area contributed by atoms with Crippen LogP contribution in [0, 0.1) is 0 Å². The summed E-state index contributed by atoms with van der Waals surface area (Å²) < 4.78 is 0. The second kappa shape index (κ2) is 16.5. The zero-order valence-electron chi connectivity index (χ0n) is 14.0. The number of Topliss-reactive ketones (excluding diaryl/α,β-unsaturated/α-hetero) is 1. The maximum absolute atomic E-state index is 11.6. The van der Waals surface area contributed by atoms with E-state index in [1.165, 1.54) is 57.8 Å². The van der Waals surface area contributed by atoms with Crippen LogP contribution in [0.3, 0.4) is 0 Å². The van der Waals surface area contributed by atoms with Crippen molar-refractivity contribution in [1.82, 2.24) is 0 Å². The Hall–Kier alpha value is -0.590. The van der Waals surface area contributed by atoms with Crippen molar-refractivity contribution < 1.29 is 4.79 Å². The van der Waals surface area contributed by atoms with Gasteiger partial charge in [0.1, 0.15) is 5.78 Å². The van der Waals surface area contributed by atoms with E-state index in [0.29, 0.717) is 5.78 Å². The number of rotatable bonds is 15. The molecule has 0 bridgehead atoms. The number of unbranched alkanes of at least 4 members (excludes halogenated alkanes) is 9. The second-order valence-electron chi connectivity index (χ2n) is 5.89. The standard InChI is InChI=1S/C19H36O/c1-3-5-7-9-10-11-12-13-14-16-18-19(20)17-15-8-6-4-2/h5,7H,3-4,6,8-18H2,1-2H3/b7-5+. The first kappa shape index (κ1) is 19.4. The van der Waals surface area contributed by atoms with Crippen molar-refractivity contribution in [2.45, 2.75) is 104 Å². The molecule has 0 aliphatic rings. The average Bonchev–Trinajstić information content (AvgIpc) is 2.45. The van der Waals surface area contributed by atoms with Gasteiger partial charge < -0.3 is 0 Å². The first-order valence-corrected chi connectivity index (χ1v) is 8.98. The lowest BCUT2D eigenvalue weighted by atomic mass is 10.0. The number of ketones is 1. The van der Waals surface area contributed by atoms with Crippen molar-refractivity contribution in [3.8, 4) is 0 Å². The summed E-state index contributed by atoms with van der Waals surface area (Å²) in [5, 5.41) is 0. The Labute approximate surface area is 127 Å². The quantitative estimate of drug-likeness (QED) is 0.243. The minimum absolute atomic E-state index is 0.491. The lowest BCUT2D eigenvalue weighted by molar-refractivity contribution is -0.119. The molecule has 0 saturated heterocycles. The van der Waals surface area contributed by atoms with Gasteiger partial charge in [-0.15, -0.1) is 0 Å². The minimum Gasteiger partial charge on any atom is -0.300 e. The summed E-state index contributed by atoms with van der Waals surface area (Å²) in [6.45, 7) is 4.39. The van der Waals surface area contributed by atoms with Crippen LogP contribution >= 0.6 is 0 Å². The molecular formula is C19H36O. The Balaban J connectivity index is 3.15. The topological polar surface area (TPSA) is 17.1 Å². The normalized spacial score (nSPS) is 11.3. The van der Waals surface area contributed by atoms with Gasteiger partial charge in [0, 0.05) is 12.8 Å². The van der Waals surface area contributed by atoms with Gasteiger partial charge in [0.05, 0.1) is 0 Å². The van der Waals surface area contributed by atoms with Gasteiger partial charge in [-0.2, -0.15) is 0 Å². The fourth-order valence-electron chi connectivity index (χ4n) is 2.45. The van der Waals surface area contributed by atoms with E-state index in [1.807, 2.05) is 0 Å². The monoisotopic (exact) mass is 280 g/mol. The molecule has 0 amide bonds. The fraction of sp³-hybridized carbons (Fsp3) is 0.842. The molecule has 0 heterocycles. The smallest absolute Gasteiger partial charge is 0.132 e. The van der Waals surface area contributed by atoms with Crippen LogP contribution in [0.15, 0.2) is 12.2 Å². The van der Waals surface area contributed by atoms with E-state index in [4.69, 9.17) is 0 Å². The van der Waals surface area contributed by atoms with Gasteiger partial charge in [-0.1, -0.05) is 70.9 Å². The van der Waals surface area contributed by atoms with Gasteiger partial charge in [-0.3, -0.25) is 4.79 Å². The molecule has 0 unspecified atom stereocenters. The summed E-state index contributed by atoms with van der Waals surface area (Å²) in [4.78, 5) is 11.6. The van der Waals surface area contributed by atoms with E-state index in [1.54, 1.807) is 0 Å². The number of hydrogen-bond donors (Lipinski definition) is 0. The van der Waals surface area contributed by atoms with Crippen molar-refractivity contribution in [2.24, 2.45) is 0 Å². The summed E-state index contributed by atoms with van der Waals surface area (Å²) in [5.74, 6) is 0.491. The predicted octanol–water partition coefficient (Wildman–Crippen LogP) is 6.61. The average molecular weight is 280 g/mol. The van der Waals surface area contributed by atoms with E-state index < -0.39 is 0 Å². The van der Waals surface area contributed by atoms with Gasteiger partial charge in [-0.25, -0.2) is 0 Å². The highest BCUT2D eigenvalue weighted by Crippen LogP contribution is 2.11. The first-order chi connectivity index (χ1) is 9.81. The Kier molecular flexibility index (Phi) is 16.0. The summed E-state index contributed by atoms with van der Waals surface area (Å²) in [6.07, 6.45) is 21.1. The second-order valence-corrected chi connectivity index (χ2v) is 5.89. The lowest BCUT2D eigenvalue weighted by Crippen LogP contribution is -1.97. The van der Waals surface area contributed by atoms with Crippen molar-refractivity contribution in [1.29, 1.82) is 0 Å². The SMILES string of the molecule is CC/C=C/CCCCCCCCC(=O)CCCCCC. The molecule has 0 spiro atoms. The molecule has 0 N–H and O–H groups in total. The van der Waals surface area contributed by atoms with E-state index in [-0.39, 0.29) is 0 Å². The molecule has 0 aliphatic carbocycles. The predicted molar refractivity (Wildman–Crippen MR) is 90.1 cm³/mol. The molecule has 0 fully saturated rings. The fourth-order valence-corrected chi connectivity index (χ4v) is 2.45. The molecule has 0 radical (unpaired) electrons. The van der Waals surface area contributed by atoms with E-state index >= 15 is 0 Å². The van der Waals surface area contributed by atoms with Gasteiger partial charge in [0.2, 0.25) is 0 Å². The van der Waals surface area contributed by atoms with Crippen molar-refractivity contribution in [2.75, 3.05) is 0 Å². The summed E-state index contributed by atoms with van der Waals surface area (Å²) in [5.41, 5.74) is 0. The van der Waals surface area contributed by atoms with Crippen LogP contribution in [-0.2, 0) is 4.79 Å². The maximum atomic E-state index is 11.6. The number of carbonyl (C=O) groups is 1. The number of allylic oxidation sites excluding steroid dienone is 2. The van der Waals surface area contributed by atoms with Crippen molar-refractivity contribution >= 4 is 5.78 Å². The maximum Gasteiger partial charge on any atom is 0.132 e. The highest BCUT2D eigenvalue weighted by molar-refractivity contribution is 5.78. The Bertz CT molecular complexity index is 230. The Morgan fingerprint density at radius 1 is 0.700 bits per heavy atom. The Morgan fingerprint density at radius 2 is 1.25 bits per heavy atom. The van der Waals surface area contributed by atoms with E-state index in [2.05, 4.69) is 26.0 Å². The number of carbonyl (C=O) groups excluding carboxylic acids is 1. The minimum atomic E-state index is 0.491. The molecular weight excluding hydrogens is 244 g/mol. The molecule has 0 aromatic heterocycles. The zero-order valence-corrected chi connectivity index (χ0v) is 14.0. The third kappa shape index (κ3) is 15.5. The van der Waals surface area contributed by atoms with Crippen LogP contribution in [0.2, 0.25) is 0 Å². The van der Waals surface area contributed by atoms with Gasteiger partial charge in [-0.05, 0) is 32.1 Å². The van der Waals surface area contributed by atoms with E-state index in [9.17, 15) is 4.79 Å². The summed E-state index contributed by atoms with van der Waals surface area (Å²) in [7, 11) is 0. The van der Waals surface area contributed by atoms with Crippen molar-refractivity contribution in [3.63, 3.8) is 0 Å². The van der Waals surface area contributed by atoms with Gasteiger partial charge in [0.15, 0.2) is 0 Å². The molecule has 20 heavy (non-hydrogen) atoms. The first-order valence-electron chi connectivity index (χ1n) is 8.98. The largest absolute Gasteiger partial charge is 0.300 e. The van der Waals surface area contributed by atoms with Crippen LogP contribution in [0.5, 0.6) is 0 Å². The number of hydrogen-bond acceptors (Lipinski definition) is 1. The molecule has 1 nitrogen and oxygen atoms in total. The third-order valence-electron chi connectivity index (χ3n) is 3.79. The molecule has 1 heteroatoms. The lowest BCUT2D eigenvalue weighted by Gasteiger charge is -2.02. The Morgan fingerprint density at radius 3 is 1.85 bits per heavy atom. The molecule has 0 aromatic carbocycles. The molecule has 0 aliphatic heterocycles.